The van der Waals surface area contributed by atoms with Gasteiger partial charge in [-0.25, -0.2) is 4.79 Å². The molecule has 0 aromatic heterocycles. The normalized spacial score (nSPS) is 12.7. The predicted molar refractivity (Wildman–Crippen MR) is 149 cm³/mol. The maximum absolute atomic E-state index is 12.0. The minimum Gasteiger partial charge on any atom is -0.462 e. The standard InChI is InChI=1S/C31H48O7/c1-4-5-6-16-21-29(37-26(2)32)22-17-11-9-7-8-10-12-18-23-30(33)38-27(3)35-24-25-36-31(34)28-19-14-13-15-20-28/h11,13-15,17,19-20,27,29H,4-10,12,16,18,21-25H2,1-3H3. The van der Waals surface area contributed by atoms with Crippen molar-refractivity contribution in [3.05, 3.63) is 48.0 Å². The highest BCUT2D eigenvalue weighted by atomic mass is 16.7. The van der Waals surface area contributed by atoms with Crippen molar-refractivity contribution in [2.45, 2.75) is 117 Å². The molecule has 0 heterocycles. The van der Waals surface area contributed by atoms with E-state index in [2.05, 4.69) is 19.1 Å². The molecule has 0 aliphatic rings. The number of esters is 3. The molecule has 214 valence electrons. The number of unbranched alkanes of at least 4 members (excludes halogenated alkanes) is 8. The van der Waals surface area contributed by atoms with Crippen LogP contribution in [-0.2, 0) is 28.5 Å². The number of allylic oxidation sites excluding steroid dienone is 1. The van der Waals surface area contributed by atoms with Gasteiger partial charge in [-0.15, -0.1) is 0 Å². The molecule has 2 unspecified atom stereocenters. The highest BCUT2D eigenvalue weighted by Crippen LogP contribution is 2.14. The molecule has 1 rings (SSSR count). The summed E-state index contributed by atoms with van der Waals surface area (Å²) in [6, 6.07) is 8.75. The van der Waals surface area contributed by atoms with E-state index in [1.54, 1.807) is 31.2 Å². The van der Waals surface area contributed by atoms with Gasteiger partial charge in [-0.1, -0.05) is 75.8 Å². The second-order valence-electron chi connectivity index (χ2n) is 9.52. The Kier molecular flexibility index (Phi) is 19.6. The smallest absolute Gasteiger partial charge is 0.338 e. The summed E-state index contributed by atoms with van der Waals surface area (Å²) in [7, 11) is 0. The average molecular weight is 533 g/mol. The Hall–Kier alpha value is -2.67. The Labute approximate surface area is 229 Å². The number of carbonyl (C=O) groups is 3. The zero-order valence-corrected chi connectivity index (χ0v) is 23.7. The highest BCUT2D eigenvalue weighted by molar-refractivity contribution is 5.89. The van der Waals surface area contributed by atoms with Crippen molar-refractivity contribution in [3.8, 4) is 0 Å². The van der Waals surface area contributed by atoms with E-state index in [0.29, 0.717) is 12.0 Å². The van der Waals surface area contributed by atoms with Crippen molar-refractivity contribution in [2.24, 2.45) is 0 Å². The Morgan fingerprint density at radius 1 is 0.842 bits per heavy atom. The van der Waals surface area contributed by atoms with Crippen LogP contribution in [0.2, 0.25) is 0 Å². The van der Waals surface area contributed by atoms with Gasteiger partial charge in [0, 0.05) is 19.8 Å². The first-order valence-corrected chi connectivity index (χ1v) is 14.3. The van der Waals surface area contributed by atoms with Crippen LogP contribution in [-0.4, -0.2) is 43.5 Å². The minimum absolute atomic E-state index is 0.00865. The average Bonchev–Trinajstić information content (AvgIpc) is 2.90. The van der Waals surface area contributed by atoms with E-state index in [4.69, 9.17) is 18.9 Å². The number of carbonyl (C=O) groups excluding carboxylic acids is 3. The molecule has 7 nitrogen and oxygen atoms in total. The molecule has 0 radical (unpaired) electrons. The van der Waals surface area contributed by atoms with Crippen molar-refractivity contribution in [2.75, 3.05) is 13.2 Å². The van der Waals surface area contributed by atoms with Crippen LogP contribution >= 0.6 is 0 Å². The van der Waals surface area contributed by atoms with Crippen LogP contribution in [0.25, 0.3) is 0 Å². The first-order valence-electron chi connectivity index (χ1n) is 14.3. The summed E-state index contributed by atoms with van der Waals surface area (Å²) in [6.45, 7) is 5.58. The Bertz CT molecular complexity index is 791. The van der Waals surface area contributed by atoms with Gasteiger partial charge in [0.2, 0.25) is 0 Å². The first kappa shape index (κ1) is 33.4. The molecule has 0 spiro atoms. The Morgan fingerprint density at radius 3 is 2.29 bits per heavy atom. The predicted octanol–water partition coefficient (Wildman–Crippen LogP) is 7.33. The summed E-state index contributed by atoms with van der Waals surface area (Å²) in [5.41, 5.74) is 0.487. The van der Waals surface area contributed by atoms with Gasteiger partial charge in [0.1, 0.15) is 12.7 Å². The molecule has 0 saturated carbocycles. The summed E-state index contributed by atoms with van der Waals surface area (Å²) < 4.78 is 21.2. The van der Waals surface area contributed by atoms with Crippen molar-refractivity contribution in [1.82, 2.24) is 0 Å². The van der Waals surface area contributed by atoms with Crippen molar-refractivity contribution >= 4 is 17.9 Å². The number of ether oxygens (including phenoxy) is 4. The van der Waals surface area contributed by atoms with E-state index < -0.39 is 12.3 Å². The Balaban J connectivity index is 2.00. The monoisotopic (exact) mass is 532 g/mol. The fraction of sp³-hybridized carbons (Fsp3) is 0.645. The number of hydrogen-bond donors (Lipinski definition) is 0. The quantitative estimate of drug-likeness (QED) is 0.0508. The molecule has 2 atom stereocenters. The van der Waals surface area contributed by atoms with Gasteiger partial charge in [0.15, 0.2) is 6.29 Å². The molecule has 0 bridgehead atoms. The highest BCUT2D eigenvalue weighted by Gasteiger charge is 2.11. The molecular formula is C31H48O7. The van der Waals surface area contributed by atoms with Crippen molar-refractivity contribution in [1.29, 1.82) is 0 Å². The second kappa shape index (κ2) is 22.3. The fourth-order valence-electron chi connectivity index (χ4n) is 3.97. The molecule has 0 fully saturated rings. The molecule has 0 N–H and O–H groups in total. The molecule has 0 aliphatic heterocycles. The molecule has 7 heteroatoms. The van der Waals surface area contributed by atoms with Gasteiger partial charge in [-0.3, -0.25) is 9.59 Å². The lowest BCUT2D eigenvalue weighted by Crippen LogP contribution is -2.21. The summed E-state index contributed by atoms with van der Waals surface area (Å²) in [5.74, 6) is -0.888. The third-order valence-corrected chi connectivity index (χ3v) is 6.01. The minimum atomic E-state index is -0.679. The zero-order chi connectivity index (χ0) is 27.8. The van der Waals surface area contributed by atoms with Gasteiger partial charge in [-0.05, 0) is 51.2 Å². The molecule has 0 amide bonds. The van der Waals surface area contributed by atoms with Crippen LogP contribution in [0.1, 0.15) is 115 Å². The van der Waals surface area contributed by atoms with E-state index in [0.717, 1.165) is 57.8 Å². The molecule has 1 aromatic rings. The van der Waals surface area contributed by atoms with Crippen LogP contribution in [0, 0.1) is 0 Å². The van der Waals surface area contributed by atoms with Gasteiger partial charge in [-0.2, -0.15) is 0 Å². The molecule has 38 heavy (non-hydrogen) atoms. The third kappa shape index (κ3) is 18.6. The van der Waals surface area contributed by atoms with Gasteiger partial charge in [0.25, 0.3) is 0 Å². The van der Waals surface area contributed by atoms with E-state index in [1.165, 1.54) is 26.2 Å². The van der Waals surface area contributed by atoms with Crippen LogP contribution in [0.4, 0.5) is 0 Å². The van der Waals surface area contributed by atoms with Crippen molar-refractivity contribution < 1.29 is 33.3 Å². The SMILES string of the molecule is CCCCCCC(CC=CCCCCCCCC(=O)OC(C)OCCOC(=O)c1ccccc1)OC(C)=O. The molecule has 1 aromatic carbocycles. The van der Waals surface area contributed by atoms with E-state index >= 15 is 0 Å². The van der Waals surface area contributed by atoms with E-state index in [-0.39, 0.29) is 31.3 Å². The van der Waals surface area contributed by atoms with E-state index in [1.807, 2.05) is 6.07 Å². The summed E-state index contributed by atoms with van der Waals surface area (Å²) in [6.07, 6.45) is 16.5. The third-order valence-electron chi connectivity index (χ3n) is 6.01. The lowest BCUT2D eigenvalue weighted by molar-refractivity contribution is -0.176. The lowest BCUT2D eigenvalue weighted by atomic mass is 10.1. The van der Waals surface area contributed by atoms with Gasteiger partial charge in [0.05, 0.1) is 12.2 Å². The van der Waals surface area contributed by atoms with Crippen LogP contribution < -0.4 is 0 Å². The Morgan fingerprint density at radius 2 is 1.55 bits per heavy atom. The zero-order valence-electron chi connectivity index (χ0n) is 23.7. The maximum Gasteiger partial charge on any atom is 0.338 e. The van der Waals surface area contributed by atoms with Crippen LogP contribution in [0.15, 0.2) is 42.5 Å². The van der Waals surface area contributed by atoms with E-state index in [9.17, 15) is 14.4 Å². The summed E-state index contributed by atoms with van der Waals surface area (Å²) in [5, 5.41) is 0. The number of hydrogen-bond acceptors (Lipinski definition) is 7. The largest absolute Gasteiger partial charge is 0.462 e. The number of benzene rings is 1. The summed E-state index contributed by atoms with van der Waals surface area (Å²) >= 11 is 0. The second-order valence-corrected chi connectivity index (χ2v) is 9.52. The molecular weight excluding hydrogens is 484 g/mol. The van der Waals surface area contributed by atoms with Gasteiger partial charge < -0.3 is 18.9 Å². The lowest BCUT2D eigenvalue weighted by Gasteiger charge is -2.15. The van der Waals surface area contributed by atoms with Crippen LogP contribution in [0.5, 0.6) is 0 Å². The maximum atomic E-state index is 12.0. The molecule has 0 saturated heterocycles. The number of rotatable bonds is 22. The topological polar surface area (TPSA) is 88.1 Å². The molecule has 0 aliphatic carbocycles. The summed E-state index contributed by atoms with van der Waals surface area (Å²) in [4.78, 5) is 35.1. The van der Waals surface area contributed by atoms with Crippen LogP contribution in [0.3, 0.4) is 0 Å². The van der Waals surface area contributed by atoms with Crippen molar-refractivity contribution in [3.63, 3.8) is 0 Å². The van der Waals surface area contributed by atoms with Gasteiger partial charge >= 0.3 is 17.9 Å². The first-order chi connectivity index (χ1) is 18.4. The fourth-order valence-corrected chi connectivity index (χ4v) is 3.97.